The first-order chi connectivity index (χ1) is 9.69. The molecule has 0 bridgehead atoms. The molecule has 4 heteroatoms. The van der Waals surface area contributed by atoms with Crippen molar-refractivity contribution in [2.75, 3.05) is 19.6 Å². The van der Waals surface area contributed by atoms with Crippen molar-refractivity contribution in [1.29, 1.82) is 0 Å². The van der Waals surface area contributed by atoms with Gasteiger partial charge >= 0.3 is 0 Å². The van der Waals surface area contributed by atoms with Crippen LogP contribution in [0.4, 0.5) is 8.78 Å². The van der Waals surface area contributed by atoms with Crippen LogP contribution in [0.2, 0.25) is 0 Å². The van der Waals surface area contributed by atoms with Crippen LogP contribution in [0.5, 0.6) is 0 Å². The predicted octanol–water partition coefficient (Wildman–Crippen LogP) is 3.59. The molecule has 0 atom stereocenters. The highest BCUT2D eigenvalue weighted by molar-refractivity contribution is 5.24. The van der Waals surface area contributed by atoms with Crippen LogP contribution in [-0.4, -0.2) is 30.6 Å². The quantitative estimate of drug-likeness (QED) is 0.858. The highest BCUT2D eigenvalue weighted by Gasteiger charge is 2.17. The van der Waals surface area contributed by atoms with Crippen LogP contribution < -0.4 is 5.32 Å². The maximum Gasteiger partial charge on any atom is 0.263 e. The van der Waals surface area contributed by atoms with Crippen molar-refractivity contribution < 1.29 is 8.78 Å². The van der Waals surface area contributed by atoms with E-state index in [1.54, 1.807) is 12.1 Å². The summed E-state index contributed by atoms with van der Waals surface area (Å²) < 4.78 is 25.3. The molecule has 2 nitrogen and oxygen atoms in total. The monoisotopic (exact) mass is 282 g/mol. The van der Waals surface area contributed by atoms with Gasteiger partial charge < -0.3 is 10.2 Å². The fourth-order valence-corrected chi connectivity index (χ4v) is 2.78. The number of alkyl halides is 2. The van der Waals surface area contributed by atoms with Crippen molar-refractivity contribution in [2.45, 2.75) is 45.2 Å². The minimum atomic E-state index is -2.38. The Morgan fingerprint density at radius 2 is 2.05 bits per heavy atom. The van der Waals surface area contributed by atoms with Gasteiger partial charge in [0.05, 0.1) is 0 Å². The molecule has 1 fully saturated rings. The lowest BCUT2D eigenvalue weighted by Crippen LogP contribution is -2.42. The maximum atomic E-state index is 12.6. The summed E-state index contributed by atoms with van der Waals surface area (Å²) in [6.07, 6.45) is 1.12. The molecule has 0 amide bonds. The zero-order chi connectivity index (χ0) is 14.4. The van der Waals surface area contributed by atoms with E-state index in [0.717, 1.165) is 31.5 Å². The van der Waals surface area contributed by atoms with Gasteiger partial charge in [-0.25, -0.2) is 8.78 Å². The number of halogens is 2. The van der Waals surface area contributed by atoms with Crippen molar-refractivity contribution in [3.05, 3.63) is 35.4 Å². The Labute approximate surface area is 120 Å². The average molecular weight is 282 g/mol. The first kappa shape index (κ1) is 15.4. The zero-order valence-corrected chi connectivity index (χ0v) is 12.1. The molecule has 1 aliphatic rings. The van der Waals surface area contributed by atoms with Gasteiger partial charge in [0.1, 0.15) is 0 Å². The van der Waals surface area contributed by atoms with E-state index in [1.807, 2.05) is 6.07 Å². The Morgan fingerprint density at radius 1 is 1.30 bits per heavy atom. The topological polar surface area (TPSA) is 15.3 Å². The standard InChI is InChI=1S/C16H24F2N2/c1-2-8-20-9-6-15(7-10-20)19-12-13-4-3-5-14(11-13)16(17)18/h3-5,11,15-16,19H,2,6-10,12H2,1H3. The molecule has 1 saturated heterocycles. The Balaban J connectivity index is 1.77. The molecule has 1 aliphatic heterocycles. The van der Waals surface area contributed by atoms with Crippen molar-refractivity contribution in [1.82, 2.24) is 10.2 Å². The normalized spacial score (nSPS) is 17.8. The average Bonchev–Trinajstić information content (AvgIpc) is 2.47. The van der Waals surface area contributed by atoms with E-state index in [2.05, 4.69) is 17.1 Å². The zero-order valence-electron chi connectivity index (χ0n) is 12.1. The van der Waals surface area contributed by atoms with Crippen molar-refractivity contribution in [3.8, 4) is 0 Å². The number of nitrogens with zero attached hydrogens (tertiary/aromatic N) is 1. The van der Waals surface area contributed by atoms with Gasteiger partial charge in [-0.05, 0) is 50.5 Å². The fraction of sp³-hybridized carbons (Fsp3) is 0.625. The third-order valence-electron chi connectivity index (χ3n) is 3.93. The van der Waals surface area contributed by atoms with E-state index in [-0.39, 0.29) is 5.56 Å². The summed E-state index contributed by atoms with van der Waals surface area (Å²) in [4.78, 5) is 2.50. The third kappa shape index (κ3) is 4.53. The summed E-state index contributed by atoms with van der Waals surface area (Å²) in [5.41, 5.74) is 1.06. The third-order valence-corrected chi connectivity index (χ3v) is 3.93. The van der Waals surface area contributed by atoms with Crippen molar-refractivity contribution in [3.63, 3.8) is 0 Å². The molecule has 1 aromatic carbocycles. The summed E-state index contributed by atoms with van der Waals surface area (Å²) in [6.45, 7) is 6.35. The van der Waals surface area contributed by atoms with E-state index in [0.29, 0.717) is 12.6 Å². The number of hydrogen-bond acceptors (Lipinski definition) is 2. The largest absolute Gasteiger partial charge is 0.310 e. The molecule has 0 aliphatic carbocycles. The minimum absolute atomic E-state index is 0.113. The van der Waals surface area contributed by atoms with E-state index >= 15 is 0 Å². The van der Waals surface area contributed by atoms with Gasteiger partial charge in [0.15, 0.2) is 0 Å². The SMILES string of the molecule is CCCN1CCC(NCc2cccc(C(F)F)c2)CC1. The molecule has 0 saturated carbocycles. The number of rotatable bonds is 6. The number of benzene rings is 1. The maximum absolute atomic E-state index is 12.6. The van der Waals surface area contributed by atoms with Crippen LogP contribution >= 0.6 is 0 Å². The highest BCUT2D eigenvalue weighted by atomic mass is 19.3. The summed E-state index contributed by atoms with van der Waals surface area (Å²) >= 11 is 0. The first-order valence-corrected chi connectivity index (χ1v) is 7.51. The van der Waals surface area contributed by atoms with Crippen molar-refractivity contribution in [2.24, 2.45) is 0 Å². The Morgan fingerprint density at radius 3 is 2.70 bits per heavy atom. The van der Waals surface area contributed by atoms with E-state index in [1.165, 1.54) is 19.0 Å². The molecular formula is C16H24F2N2. The van der Waals surface area contributed by atoms with Gasteiger partial charge in [0.2, 0.25) is 0 Å². The molecule has 112 valence electrons. The van der Waals surface area contributed by atoms with Crippen LogP contribution in [0.25, 0.3) is 0 Å². The predicted molar refractivity (Wildman–Crippen MR) is 78.0 cm³/mol. The van der Waals surface area contributed by atoms with Gasteiger partial charge in [-0.2, -0.15) is 0 Å². The highest BCUT2D eigenvalue weighted by Crippen LogP contribution is 2.19. The smallest absolute Gasteiger partial charge is 0.263 e. The van der Waals surface area contributed by atoms with E-state index in [4.69, 9.17) is 0 Å². The van der Waals surface area contributed by atoms with Crippen LogP contribution in [0.15, 0.2) is 24.3 Å². The second-order valence-corrected chi connectivity index (χ2v) is 5.54. The molecule has 0 aromatic heterocycles. The number of likely N-dealkylation sites (tertiary alicyclic amines) is 1. The summed E-state index contributed by atoms with van der Waals surface area (Å²) in [7, 11) is 0. The number of nitrogens with one attached hydrogen (secondary N) is 1. The summed E-state index contributed by atoms with van der Waals surface area (Å²) in [6, 6.07) is 7.22. The van der Waals surface area contributed by atoms with Crippen LogP contribution in [-0.2, 0) is 6.54 Å². The Hall–Kier alpha value is -1.00. The molecule has 20 heavy (non-hydrogen) atoms. The van der Waals surface area contributed by atoms with Crippen LogP contribution in [0.1, 0.15) is 43.7 Å². The lowest BCUT2D eigenvalue weighted by Gasteiger charge is -2.32. The molecule has 1 N–H and O–H groups in total. The van der Waals surface area contributed by atoms with Crippen LogP contribution in [0, 0.1) is 0 Å². The Bertz CT molecular complexity index is 401. The second-order valence-electron chi connectivity index (χ2n) is 5.54. The van der Waals surface area contributed by atoms with Gasteiger partial charge in [0.25, 0.3) is 6.43 Å². The van der Waals surface area contributed by atoms with Gasteiger partial charge in [-0.15, -0.1) is 0 Å². The van der Waals surface area contributed by atoms with E-state index < -0.39 is 6.43 Å². The molecule has 0 unspecified atom stereocenters. The first-order valence-electron chi connectivity index (χ1n) is 7.51. The van der Waals surface area contributed by atoms with Crippen LogP contribution in [0.3, 0.4) is 0 Å². The molecule has 1 heterocycles. The van der Waals surface area contributed by atoms with Crippen molar-refractivity contribution >= 4 is 0 Å². The van der Waals surface area contributed by atoms with Gasteiger partial charge in [0, 0.05) is 18.2 Å². The molecule has 0 spiro atoms. The summed E-state index contributed by atoms with van der Waals surface area (Å²) in [5, 5.41) is 3.50. The lowest BCUT2D eigenvalue weighted by atomic mass is 10.0. The number of hydrogen-bond donors (Lipinski definition) is 1. The molecular weight excluding hydrogens is 258 g/mol. The minimum Gasteiger partial charge on any atom is -0.310 e. The Kier molecular flexibility index (Phi) is 5.92. The molecule has 1 aromatic rings. The lowest BCUT2D eigenvalue weighted by molar-refractivity contribution is 0.151. The summed E-state index contributed by atoms with van der Waals surface area (Å²) in [5.74, 6) is 0. The van der Waals surface area contributed by atoms with Gasteiger partial charge in [-0.3, -0.25) is 0 Å². The van der Waals surface area contributed by atoms with Gasteiger partial charge in [-0.1, -0.05) is 25.1 Å². The number of piperidine rings is 1. The van der Waals surface area contributed by atoms with E-state index in [9.17, 15) is 8.78 Å². The fourth-order valence-electron chi connectivity index (χ4n) is 2.78. The molecule has 0 radical (unpaired) electrons. The second kappa shape index (κ2) is 7.70. The molecule has 2 rings (SSSR count).